The molecule has 3 aromatic rings. The molecule has 2 heterocycles. The van der Waals surface area contributed by atoms with E-state index in [-0.39, 0.29) is 18.7 Å². The molecule has 2 atom stereocenters. The van der Waals surface area contributed by atoms with Gasteiger partial charge in [-0.25, -0.2) is 0 Å². The molecule has 6 nitrogen and oxygen atoms in total. The van der Waals surface area contributed by atoms with Crippen LogP contribution in [0.3, 0.4) is 0 Å². The maximum Gasteiger partial charge on any atom is 0.237 e. The number of likely N-dealkylation sites (tertiary alicyclic amines) is 1. The molecule has 0 saturated carbocycles. The van der Waals surface area contributed by atoms with Crippen LogP contribution in [0.15, 0.2) is 60.7 Å². The minimum absolute atomic E-state index is 0.106. The summed E-state index contributed by atoms with van der Waals surface area (Å²) in [5.74, 6) is 1.68. The average molecular weight is 460 g/mol. The number of fused-ring (bicyclic) bond motifs is 2. The minimum atomic E-state index is -0.106. The molecule has 1 amide bonds. The number of hydrogen-bond donors (Lipinski definition) is 2. The van der Waals surface area contributed by atoms with Crippen molar-refractivity contribution in [3.8, 4) is 11.5 Å². The summed E-state index contributed by atoms with van der Waals surface area (Å²) in [5.41, 5.74) is 2.40. The molecule has 2 N–H and O–H groups in total. The van der Waals surface area contributed by atoms with Gasteiger partial charge in [0, 0.05) is 31.7 Å². The van der Waals surface area contributed by atoms with Crippen LogP contribution in [0.2, 0.25) is 0 Å². The summed E-state index contributed by atoms with van der Waals surface area (Å²) < 4.78 is 10.8. The molecule has 0 radical (unpaired) electrons. The number of hydrogen-bond acceptors (Lipinski definition) is 5. The Bertz CT molecular complexity index is 1160. The Hall–Kier alpha value is -3.09. The predicted octanol–water partition coefficient (Wildman–Crippen LogP) is 3.87. The fourth-order valence-electron chi connectivity index (χ4n) is 4.99. The van der Waals surface area contributed by atoms with Gasteiger partial charge in [0.05, 0.1) is 6.04 Å². The van der Waals surface area contributed by atoms with Crippen molar-refractivity contribution in [2.45, 2.75) is 51.4 Å². The fraction of sp³-hybridized carbons (Fsp3) is 0.393. The zero-order valence-electron chi connectivity index (χ0n) is 19.9. The highest BCUT2D eigenvalue weighted by Crippen LogP contribution is 2.32. The Morgan fingerprint density at radius 3 is 2.65 bits per heavy atom. The molecule has 5 rings (SSSR count). The second kappa shape index (κ2) is 10.0. The second-order valence-corrected chi connectivity index (χ2v) is 9.53. The third-order valence-corrected chi connectivity index (χ3v) is 6.86. The first-order valence-electron chi connectivity index (χ1n) is 12.2. The number of nitrogens with zero attached hydrogens (tertiary/aromatic N) is 1. The van der Waals surface area contributed by atoms with Gasteiger partial charge in [-0.1, -0.05) is 42.5 Å². The maximum absolute atomic E-state index is 13.1. The summed E-state index contributed by atoms with van der Waals surface area (Å²) in [4.78, 5) is 15.4. The van der Waals surface area contributed by atoms with Crippen molar-refractivity contribution in [3.63, 3.8) is 0 Å². The summed E-state index contributed by atoms with van der Waals surface area (Å²) in [6.45, 7) is 6.90. The van der Waals surface area contributed by atoms with Crippen LogP contribution >= 0.6 is 0 Å². The SMILES string of the molecule is CC(C)N1C[C@@H](NCc2ccc3ccccc3c2)C[C@H]1C(=O)NCCc1ccc2c(c1)OCO2. The van der Waals surface area contributed by atoms with Crippen LogP contribution in [-0.4, -0.2) is 48.8 Å². The lowest BCUT2D eigenvalue weighted by Crippen LogP contribution is -2.46. The van der Waals surface area contributed by atoms with E-state index in [9.17, 15) is 4.79 Å². The van der Waals surface area contributed by atoms with Crippen molar-refractivity contribution in [1.82, 2.24) is 15.5 Å². The van der Waals surface area contributed by atoms with Crippen LogP contribution in [0.5, 0.6) is 11.5 Å². The molecule has 0 unspecified atom stereocenters. The molecular weight excluding hydrogens is 426 g/mol. The van der Waals surface area contributed by atoms with Gasteiger partial charge in [-0.2, -0.15) is 0 Å². The minimum Gasteiger partial charge on any atom is -0.454 e. The van der Waals surface area contributed by atoms with Gasteiger partial charge in [0.2, 0.25) is 12.7 Å². The molecule has 0 bridgehead atoms. The first-order chi connectivity index (χ1) is 16.6. The zero-order chi connectivity index (χ0) is 23.5. The third-order valence-electron chi connectivity index (χ3n) is 6.86. The number of carbonyl (C=O) groups excluding carboxylic acids is 1. The zero-order valence-corrected chi connectivity index (χ0v) is 19.9. The van der Waals surface area contributed by atoms with E-state index < -0.39 is 0 Å². The van der Waals surface area contributed by atoms with Crippen molar-refractivity contribution in [2.75, 3.05) is 19.9 Å². The summed E-state index contributed by atoms with van der Waals surface area (Å²) in [6, 6.07) is 21.5. The summed E-state index contributed by atoms with van der Waals surface area (Å²) in [6.07, 6.45) is 1.59. The van der Waals surface area contributed by atoms with Gasteiger partial charge in [0.1, 0.15) is 0 Å². The molecule has 0 aromatic heterocycles. The Balaban J connectivity index is 1.14. The van der Waals surface area contributed by atoms with Gasteiger partial charge in [0.15, 0.2) is 11.5 Å². The number of amides is 1. The molecule has 0 aliphatic carbocycles. The molecular formula is C28H33N3O3. The smallest absolute Gasteiger partial charge is 0.237 e. The highest BCUT2D eigenvalue weighted by Gasteiger charge is 2.37. The highest BCUT2D eigenvalue weighted by atomic mass is 16.7. The van der Waals surface area contributed by atoms with Crippen LogP contribution in [0.25, 0.3) is 10.8 Å². The Morgan fingerprint density at radius 2 is 1.79 bits per heavy atom. The molecule has 0 spiro atoms. The van der Waals surface area contributed by atoms with Crippen LogP contribution < -0.4 is 20.1 Å². The van der Waals surface area contributed by atoms with Gasteiger partial charge < -0.3 is 20.1 Å². The molecule has 1 saturated heterocycles. The van der Waals surface area contributed by atoms with Crippen LogP contribution in [0.1, 0.15) is 31.4 Å². The topological polar surface area (TPSA) is 62.8 Å². The van der Waals surface area contributed by atoms with Crippen molar-refractivity contribution in [3.05, 3.63) is 71.8 Å². The first kappa shape index (κ1) is 22.7. The van der Waals surface area contributed by atoms with E-state index in [1.807, 2.05) is 18.2 Å². The second-order valence-electron chi connectivity index (χ2n) is 9.53. The van der Waals surface area contributed by atoms with E-state index in [0.29, 0.717) is 18.6 Å². The van der Waals surface area contributed by atoms with Gasteiger partial charge in [-0.3, -0.25) is 9.69 Å². The largest absolute Gasteiger partial charge is 0.454 e. The average Bonchev–Trinajstić information content (AvgIpc) is 3.49. The molecule has 2 aliphatic heterocycles. The number of carbonyl (C=O) groups is 1. The number of nitrogens with one attached hydrogen (secondary N) is 2. The normalized spacial score (nSPS) is 19.7. The van der Waals surface area contributed by atoms with Crippen molar-refractivity contribution in [1.29, 1.82) is 0 Å². The first-order valence-corrected chi connectivity index (χ1v) is 12.2. The lowest BCUT2D eigenvalue weighted by Gasteiger charge is -2.27. The van der Waals surface area contributed by atoms with Crippen molar-refractivity contribution in [2.24, 2.45) is 0 Å². The summed E-state index contributed by atoms with van der Waals surface area (Å²) in [7, 11) is 0. The Morgan fingerprint density at radius 1 is 1.00 bits per heavy atom. The van der Waals surface area contributed by atoms with E-state index in [2.05, 4.69) is 71.8 Å². The quantitative estimate of drug-likeness (QED) is 0.536. The summed E-state index contributed by atoms with van der Waals surface area (Å²) in [5, 5.41) is 9.37. The Kier molecular flexibility index (Phi) is 6.70. The molecule has 2 aliphatic rings. The van der Waals surface area contributed by atoms with E-state index >= 15 is 0 Å². The highest BCUT2D eigenvalue weighted by molar-refractivity contribution is 5.83. The van der Waals surface area contributed by atoms with Gasteiger partial charge in [0.25, 0.3) is 0 Å². The third kappa shape index (κ3) is 5.03. The van der Waals surface area contributed by atoms with Crippen molar-refractivity contribution >= 4 is 16.7 Å². The van der Waals surface area contributed by atoms with E-state index in [4.69, 9.17) is 9.47 Å². The number of benzene rings is 3. The van der Waals surface area contributed by atoms with Crippen molar-refractivity contribution < 1.29 is 14.3 Å². The van der Waals surface area contributed by atoms with Gasteiger partial charge in [-0.05, 0) is 66.8 Å². The van der Waals surface area contributed by atoms with Crippen LogP contribution in [0, 0.1) is 0 Å². The van der Waals surface area contributed by atoms with Crippen LogP contribution in [0.4, 0.5) is 0 Å². The van der Waals surface area contributed by atoms with E-state index in [1.54, 1.807) is 0 Å². The molecule has 3 aromatic carbocycles. The molecule has 1 fully saturated rings. The Labute approximate surface area is 201 Å². The fourth-order valence-corrected chi connectivity index (χ4v) is 4.99. The molecule has 34 heavy (non-hydrogen) atoms. The molecule has 6 heteroatoms. The standard InChI is InChI=1S/C28H33N3O3/c1-19(2)31-17-24(30-16-21-7-9-22-5-3-4-6-23(22)13-21)15-25(31)28(32)29-12-11-20-8-10-26-27(14-20)34-18-33-26/h3-10,13-14,19,24-25,30H,11-12,15-18H2,1-2H3,(H,29,32)/t24-,25-/m0/s1. The molecule has 178 valence electrons. The van der Waals surface area contributed by atoms with Gasteiger partial charge in [-0.15, -0.1) is 0 Å². The monoisotopic (exact) mass is 459 g/mol. The maximum atomic E-state index is 13.1. The van der Waals surface area contributed by atoms with E-state index in [1.165, 1.54) is 16.3 Å². The van der Waals surface area contributed by atoms with Crippen LogP contribution in [-0.2, 0) is 17.8 Å². The number of ether oxygens (including phenoxy) is 2. The van der Waals surface area contributed by atoms with E-state index in [0.717, 1.165) is 43.0 Å². The summed E-state index contributed by atoms with van der Waals surface area (Å²) >= 11 is 0. The predicted molar refractivity (Wildman–Crippen MR) is 134 cm³/mol. The van der Waals surface area contributed by atoms with Gasteiger partial charge >= 0.3 is 0 Å². The lowest BCUT2D eigenvalue weighted by atomic mass is 10.1. The number of rotatable bonds is 8. The lowest BCUT2D eigenvalue weighted by molar-refractivity contribution is -0.126.